The van der Waals surface area contributed by atoms with Crippen LogP contribution >= 0.6 is 0 Å². The van der Waals surface area contributed by atoms with Crippen LogP contribution < -0.4 is 10.6 Å². The molecule has 4 nitrogen and oxygen atoms in total. The highest BCUT2D eigenvalue weighted by Crippen LogP contribution is 2.07. The predicted molar refractivity (Wildman–Crippen MR) is 65.4 cm³/mol. The Hall–Kier alpha value is -1.39. The average molecular weight is 234 g/mol. The summed E-state index contributed by atoms with van der Waals surface area (Å²) in [6.45, 7) is 2.16. The fourth-order valence-electron chi connectivity index (χ4n) is 2.01. The molecule has 1 amide bonds. The first-order valence-electron chi connectivity index (χ1n) is 5.85. The van der Waals surface area contributed by atoms with Gasteiger partial charge in [-0.05, 0) is 11.1 Å². The first kappa shape index (κ1) is 12.1. The van der Waals surface area contributed by atoms with Crippen LogP contribution in [0.4, 0.5) is 0 Å². The first-order valence-corrected chi connectivity index (χ1v) is 5.85. The van der Waals surface area contributed by atoms with Gasteiger partial charge >= 0.3 is 0 Å². The van der Waals surface area contributed by atoms with Crippen LogP contribution in [0.25, 0.3) is 0 Å². The molecule has 0 aliphatic carbocycles. The van der Waals surface area contributed by atoms with Gasteiger partial charge in [0.2, 0.25) is 5.91 Å². The number of carbonyl (C=O) groups excluding carboxylic acids is 1. The molecule has 2 N–H and O–H groups in total. The molecule has 1 aromatic carbocycles. The van der Waals surface area contributed by atoms with Crippen LogP contribution in [0.5, 0.6) is 0 Å². The van der Waals surface area contributed by atoms with Gasteiger partial charge in [-0.3, -0.25) is 4.79 Å². The van der Waals surface area contributed by atoms with Crippen molar-refractivity contribution in [2.75, 3.05) is 13.7 Å². The van der Waals surface area contributed by atoms with E-state index >= 15 is 0 Å². The summed E-state index contributed by atoms with van der Waals surface area (Å²) >= 11 is 0. The van der Waals surface area contributed by atoms with Crippen LogP contribution in [0, 0.1) is 0 Å². The van der Waals surface area contributed by atoms with Crippen molar-refractivity contribution in [3.63, 3.8) is 0 Å². The summed E-state index contributed by atoms with van der Waals surface area (Å²) in [4.78, 5) is 11.0. The van der Waals surface area contributed by atoms with Gasteiger partial charge in [0.15, 0.2) is 0 Å². The minimum atomic E-state index is 0.135. The summed E-state index contributed by atoms with van der Waals surface area (Å²) in [6, 6.07) is 8.54. The fourth-order valence-corrected chi connectivity index (χ4v) is 2.01. The lowest BCUT2D eigenvalue weighted by Gasteiger charge is -2.11. The minimum absolute atomic E-state index is 0.135. The number of hydrogen-bond donors (Lipinski definition) is 2. The number of methoxy groups -OCH3 is 1. The molecule has 1 saturated heterocycles. The van der Waals surface area contributed by atoms with Crippen LogP contribution in [0.1, 0.15) is 17.5 Å². The average Bonchev–Trinajstić information content (AvgIpc) is 2.74. The highest BCUT2D eigenvalue weighted by atomic mass is 16.5. The summed E-state index contributed by atoms with van der Waals surface area (Å²) in [6.07, 6.45) is 0.581. The fraction of sp³-hybridized carbons (Fsp3) is 0.462. The largest absolute Gasteiger partial charge is 0.380 e. The molecule has 1 fully saturated rings. The van der Waals surface area contributed by atoms with Gasteiger partial charge in [0.25, 0.3) is 0 Å². The maximum Gasteiger partial charge on any atom is 0.221 e. The van der Waals surface area contributed by atoms with Gasteiger partial charge in [-0.25, -0.2) is 0 Å². The summed E-state index contributed by atoms with van der Waals surface area (Å²) in [5, 5.41) is 6.19. The van der Waals surface area contributed by atoms with Gasteiger partial charge in [-0.2, -0.15) is 0 Å². The predicted octanol–water partition coefficient (Wildman–Crippen LogP) is 0.811. The Morgan fingerprint density at radius 3 is 3.00 bits per heavy atom. The number of nitrogens with one attached hydrogen (secondary N) is 2. The van der Waals surface area contributed by atoms with E-state index in [1.165, 1.54) is 11.1 Å². The summed E-state index contributed by atoms with van der Waals surface area (Å²) < 4.78 is 5.10. The zero-order valence-electron chi connectivity index (χ0n) is 10.0. The molecule has 92 valence electrons. The highest BCUT2D eigenvalue weighted by Gasteiger charge is 2.20. The second kappa shape index (κ2) is 5.80. The number of ether oxygens (including phenoxy) is 1. The maximum absolute atomic E-state index is 11.0. The van der Waals surface area contributed by atoms with Crippen LogP contribution in [0.2, 0.25) is 0 Å². The van der Waals surface area contributed by atoms with E-state index in [1.807, 2.05) is 12.1 Å². The highest BCUT2D eigenvalue weighted by molar-refractivity contribution is 5.78. The molecular weight excluding hydrogens is 216 g/mol. The molecule has 1 unspecified atom stereocenters. The van der Waals surface area contributed by atoms with Crippen LogP contribution in [0.15, 0.2) is 24.3 Å². The van der Waals surface area contributed by atoms with Gasteiger partial charge in [0, 0.05) is 32.7 Å². The standard InChI is InChI=1S/C13H18N2O2/c1-17-9-11-4-2-3-10(5-11)7-14-12-6-13(16)15-8-12/h2-5,12,14H,6-9H2,1H3,(H,15,16). The van der Waals surface area contributed by atoms with Crippen LogP contribution in [-0.2, 0) is 22.7 Å². The van der Waals surface area contributed by atoms with Crippen LogP contribution in [0.3, 0.4) is 0 Å². The minimum Gasteiger partial charge on any atom is -0.380 e. The van der Waals surface area contributed by atoms with Crippen molar-refractivity contribution in [1.29, 1.82) is 0 Å². The van der Waals surface area contributed by atoms with E-state index in [0.717, 1.165) is 13.1 Å². The van der Waals surface area contributed by atoms with E-state index in [2.05, 4.69) is 22.8 Å². The molecule has 0 spiro atoms. The molecule has 1 atom stereocenters. The van der Waals surface area contributed by atoms with E-state index in [9.17, 15) is 4.79 Å². The third-order valence-electron chi connectivity index (χ3n) is 2.87. The molecule has 4 heteroatoms. The van der Waals surface area contributed by atoms with E-state index in [-0.39, 0.29) is 11.9 Å². The third kappa shape index (κ3) is 3.54. The monoisotopic (exact) mass is 234 g/mol. The topological polar surface area (TPSA) is 50.4 Å². The van der Waals surface area contributed by atoms with E-state index in [0.29, 0.717) is 13.0 Å². The van der Waals surface area contributed by atoms with Gasteiger partial charge in [0.1, 0.15) is 0 Å². The molecule has 0 bridgehead atoms. The Kier molecular flexibility index (Phi) is 4.12. The molecule has 1 heterocycles. The number of benzene rings is 1. The number of hydrogen-bond acceptors (Lipinski definition) is 3. The summed E-state index contributed by atoms with van der Waals surface area (Å²) in [5.74, 6) is 0.135. The molecule has 2 rings (SSSR count). The van der Waals surface area contributed by atoms with Gasteiger partial charge in [0.05, 0.1) is 6.61 Å². The Bertz CT molecular complexity index is 393. The third-order valence-corrected chi connectivity index (χ3v) is 2.87. The van der Waals surface area contributed by atoms with Crippen molar-refractivity contribution in [3.05, 3.63) is 35.4 Å². The van der Waals surface area contributed by atoms with Crippen molar-refractivity contribution in [3.8, 4) is 0 Å². The molecule has 0 aromatic heterocycles. The van der Waals surface area contributed by atoms with Gasteiger partial charge in [-0.15, -0.1) is 0 Å². The number of carbonyl (C=O) groups is 1. The molecule has 1 aliphatic rings. The lowest BCUT2D eigenvalue weighted by Crippen LogP contribution is -2.30. The Labute approximate surface area is 101 Å². The summed E-state index contributed by atoms with van der Waals surface area (Å²) in [5.41, 5.74) is 2.39. The molecule has 17 heavy (non-hydrogen) atoms. The van der Waals surface area contributed by atoms with Crippen molar-refractivity contribution >= 4 is 5.91 Å². The Balaban J connectivity index is 1.85. The second-order valence-corrected chi connectivity index (χ2v) is 4.34. The van der Waals surface area contributed by atoms with E-state index in [4.69, 9.17) is 4.74 Å². The van der Waals surface area contributed by atoms with Gasteiger partial charge in [-0.1, -0.05) is 24.3 Å². The molecule has 1 aliphatic heterocycles. The van der Waals surface area contributed by atoms with E-state index in [1.54, 1.807) is 7.11 Å². The SMILES string of the molecule is COCc1cccc(CNC2CNC(=O)C2)c1. The lowest BCUT2D eigenvalue weighted by atomic mass is 10.1. The molecular formula is C13H18N2O2. The zero-order chi connectivity index (χ0) is 12.1. The first-order chi connectivity index (χ1) is 8.28. The quantitative estimate of drug-likeness (QED) is 0.792. The number of amides is 1. The number of rotatable bonds is 5. The smallest absolute Gasteiger partial charge is 0.221 e. The van der Waals surface area contributed by atoms with Crippen LogP contribution in [-0.4, -0.2) is 25.6 Å². The van der Waals surface area contributed by atoms with Crippen molar-refractivity contribution in [1.82, 2.24) is 10.6 Å². The maximum atomic E-state index is 11.0. The molecule has 0 saturated carbocycles. The molecule has 0 radical (unpaired) electrons. The Morgan fingerprint density at radius 2 is 2.29 bits per heavy atom. The molecule has 1 aromatic rings. The van der Waals surface area contributed by atoms with Crippen molar-refractivity contribution in [2.24, 2.45) is 0 Å². The zero-order valence-corrected chi connectivity index (χ0v) is 10.0. The normalized spacial score (nSPS) is 19.4. The lowest BCUT2D eigenvalue weighted by molar-refractivity contribution is -0.119. The van der Waals surface area contributed by atoms with Gasteiger partial charge < -0.3 is 15.4 Å². The van der Waals surface area contributed by atoms with Crippen molar-refractivity contribution < 1.29 is 9.53 Å². The van der Waals surface area contributed by atoms with Crippen molar-refractivity contribution in [2.45, 2.75) is 25.6 Å². The summed E-state index contributed by atoms with van der Waals surface area (Å²) in [7, 11) is 1.70. The van der Waals surface area contributed by atoms with E-state index < -0.39 is 0 Å². The Morgan fingerprint density at radius 1 is 1.47 bits per heavy atom. The second-order valence-electron chi connectivity index (χ2n) is 4.34.